The maximum atomic E-state index is 11.7. The molecule has 3 rings (SSSR count). The molecule has 2 aliphatic carbocycles. The predicted octanol–water partition coefficient (Wildman–Crippen LogP) is 1.14. The molecule has 1 heterocycles. The lowest BCUT2D eigenvalue weighted by molar-refractivity contribution is -0.122. The molecule has 0 bridgehead atoms. The third-order valence-electron chi connectivity index (χ3n) is 4.33. The van der Waals surface area contributed by atoms with Gasteiger partial charge in [0.15, 0.2) is 0 Å². The normalized spacial score (nSPS) is 33.5. The first kappa shape index (κ1) is 10.7. The van der Waals surface area contributed by atoms with Crippen molar-refractivity contribution in [2.45, 2.75) is 38.1 Å². The van der Waals surface area contributed by atoms with E-state index in [1.54, 1.807) is 0 Å². The zero-order valence-electron chi connectivity index (χ0n) is 10.0. The van der Waals surface area contributed by atoms with E-state index in [2.05, 4.69) is 9.80 Å². The number of hydrogen-bond acceptors (Lipinski definition) is 3. The molecule has 3 fully saturated rings. The number of rotatable bonds is 3. The molecule has 3 aliphatic rings. The largest absolute Gasteiger partial charge is 0.301 e. The lowest BCUT2D eigenvalue weighted by atomic mass is 10.1. The van der Waals surface area contributed by atoms with E-state index in [0.717, 1.165) is 38.3 Å². The Kier molecular flexibility index (Phi) is 2.99. The third-order valence-corrected chi connectivity index (χ3v) is 4.33. The molecule has 0 amide bonds. The highest BCUT2D eigenvalue weighted by molar-refractivity contribution is 5.85. The third kappa shape index (κ3) is 2.30. The van der Waals surface area contributed by atoms with Gasteiger partial charge in [-0.3, -0.25) is 9.69 Å². The van der Waals surface area contributed by atoms with Gasteiger partial charge in [-0.2, -0.15) is 0 Å². The van der Waals surface area contributed by atoms with E-state index in [1.807, 2.05) is 0 Å². The summed E-state index contributed by atoms with van der Waals surface area (Å²) in [5.74, 6) is 1.50. The highest BCUT2D eigenvalue weighted by Crippen LogP contribution is 2.30. The molecule has 0 aromatic rings. The summed E-state index contributed by atoms with van der Waals surface area (Å²) in [5, 5.41) is 0. The first-order valence-electron chi connectivity index (χ1n) is 6.82. The Balaban J connectivity index is 1.47. The fourth-order valence-corrected chi connectivity index (χ4v) is 3.11. The van der Waals surface area contributed by atoms with E-state index in [0.29, 0.717) is 5.78 Å². The summed E-state index contributed by atoms with van der Waals surface area (Å²) in [6.45, 7) is 5.90. The highest BCUT2D eigenvalue weighted by atomic mass is 16.1. The SMILES string of the molecule is O=C1CCCC1N1CCN(CC2CC2)CC1. The smallest absolute Gasteiger partial charge is 0.149 e. The Bertz CT molecular complexity index is 267. The van der Waals surface area contributed by atoms with E-state index < -0.39 is 0 Å². The van der Waals surface area contributed by atoms with Crippen LogP contribution in [0, 0.1) is 5.92 Å². The zero-order chi connectivity index (χ0) is 11.0. The quantitative estimate of drug-likeness (QED) is 0.715. The first-order valence-corrected chi connectivity index (χ1v) is 6.82. The summed E-state index contributed by atoms with van der Waals surface area (Å²) in [4.78, 5) is 16.7. The molecule has 2 saturated carbocycles. The molecule has 3 heteroatoms. The van der Waals surface area contributed by atoms with Crippen molar-refractivity contribution < 1.29 is 4.79 Å². The molecular weight excluding hydrogens is 200 g/mol. The Morgan fingerprint density at radius 1 is 1.06 bits per heavy atom. The predicted molar refractivity (Wildman–Crippen MR) is 63.4 cm³/mol. The van der Waals surface area contributed by atoms with Crippen LogP contribution in [0.1, 0.15) is 32.1 Å². The molecule has 0 N–H and O–H groups in total. The van der Waals surface area contributed by atoms with Gasteiger partial charge in [-0.05, 0) is 31.6 Å². The van der Waals surface area contributed by atoms with Crippen LogP contribution in [0.3, 0.4) is 0 Å². The van der Waals surface area contributed by atoms with Gasteiger partial charge in [0, 0.05) is 39.1 Å². The van der Waals surface area contributed by atoms with Crippen molar-refractivity contribution in [2.75, 3.05) is 32.7 Å². The summed E-state index contributed by atoms with van der Waals surface area (Å²) < 4.78 is 0. The van der Waals surface area contributed by atoms with Gasteiger partial charge in [0.05, 0.1) is 6.04 Å². The fraction of sp³-hybridized carbons (Fsp3) is 0.923. The number of ketones is 1. The number of piperazine rings is 1. The fourth-order valence-electron chi connectivity index (χ4n) is 3.11. The van der Waals surface area contributed by atoms with Gasteiger partial charge in [-0.15, -0.1) is 0 Å². The van der Waals surface area contributed by atoms with Crippen LogP contribution in [0.2, 0.25) is 0 Å². The van der Waals surface area contributed by atoms with Gasteiger partial charge in [-0.1, -0.05) is 0 Å². The molecule has 3 nitrogen and oxygen atoms in total. The Morgan fingerprint density at radius 2 is 1.81 bits per heavy atom. The minimum atomic E-state index is 0.281. The molecule has 1 saturated heterocycles. The monoisotopic (exact) mass is 222 g/mol. The highest BCUT2D eigenvalue weighted by Gasteiger charge is 2.33. The van der Waals surface area contributed by atoms with Crippen molar-refractivity contribution in [3.63, 3.8) is 0 Å². The minimum Gasteiger partial charge on any atom is -0.301 e. The molecule has 0 aromatic heterocycles. The Morgan fingerprint density at radius 3 is 2.38 bits per heavy atom. The maximum absolute atomic E-state index is 11.7. The molecule has 0 aromatic carbocycles. The maximum Gasteiger partial charge on any atom is 0.149 e. The van der Waals surface area contributed by atoms with Crippen LogP contribution in [0.25, 0.3) is 0 Å². The molecular formula is C13H22N2O. The number of hydrogen-bond donors (Lipinski definition) is 0. The van der Waals surface area contributed by atoms with Crippen LogP contribution in [-0.2, 0) is 4.79 Å². The number of nitrogens with zero attached hydrogens (tertiary/aromatic N) is 2. The lowest BCUT2D eigenvalue weighted by Crippen LogP contribution is -2.51. The number of carbonyl (C=O) groups excluding carboxylic acids is 1. The van der Waals surface area contributed by atoms with Crippen LogP contribution < -0.4 is 0 Å². The van der Waals surface area contributed by atoms with E-state index in [4.69, 9.17) is 0 Å². The second kappa shape index (κ2) is 4.46. The second-order valence-electron chi connectivity index (χ2n) is 5.65. The lowest BCUT2D eigenvalue weighted by Gasteiger charge is -2.37. The average molecular weight is 222 g/mol. The van der Waals surface area contributed by atoms with Crippen molar-refractivity contribution in [1.82, 2.24) is 9.80 Å². The van der Waals surface area contributed by atoms with Crippen molar-refractivity contribution in [2.24, 2.45) is 5.92 Å². The summed E-state index contributed by atoms with van der Waals surface area (Å²) in [5.41, 5.74) is 0. The average Bonchev–Trinajstić information content (AvgIpc) is 3.00. The van der Waals surface area contributed by atoms with Gasteiger partial charge in [0.1, 0.15) is 5.78 Å². The van der Waals surface area contributed by atoms with E-state index in [1.165, 1.54) is 32.5 Å². The first-order chi connectivity index (χ1) is 7.83. The van der Waals surface area contributed by atoms with Crippen LogP contribution in [0.4, 0.5) is 0 Å². The summed E-state index contributed by atoms with van der Waals surface area (Å²) >= 11 is 0. The van der Waals surface area contributed by atoms with E-state index in [9.17, 15) is 4.79 Å². The van der Waals surface area contributed by atoms with Gasteiger partial charge >= 0.3 is 0 Å². The van der Waals surface area contributed by atoms with Crippen LogP contribution >= 0.6 is 0 Å². The van der Waals surface area contributed by atoms with Gasteiger partial charge in [0.2, 0.25) is 0 Å². The van der Waals surface area contributed by atoms with Crippen LogP contribution in [0.15, 0.2) is 0 Å². The van der Waals surface area contributed by atoms with Crippen molar-refractivity contribution in [3.05, 3.63) is 0 Å². The summed E-state index contributed by atoms with van der Waals surface area (Å²) in [6.07, 6.45) is 5.95. The number of Topliss-reactive ketones (excluding diaryl/α,β-unsaturated/α-hetero) is 1. The van der Waals surface area contributed by atoms with Crippen LogP contribution in [0.5, 0.6) is 0 Å². The van der Waals surface area contributed by atoms with Gasteiger partial charge < -0.3 is 4.90 Å². The van der Waals surface area contributed by atoms with Gasteiger partial charge in [0.25, 0.3) is 0 Å². The number of carbonyl (C=O) groups is 1. The molecule has 1 atom stereocenters. The standard InChI is InChI=1S/C13H22N2O/c16-13-3-1-2-12(13)15-8-6-14(7-9-15)10-11-4-5-11/h11-12H,1-10H2. The molecule has 1 aliphatic heterocycles. The van der Waals surface area contributed by atoms with Crippen LogP contribution in [-0.4, -0.2) is 54.3 Å². The molecule has 90 valence electrons. The molecule has 1 unspecified atom stereocenters. The summed E-state index contributed by atoms with van der Waals surface area (Å²) in [7, 11) is 0. The second-order valence-corrected chi connectivity index (χ2v) is 5.65. The van der Waals surface area contributed by atoms with E-state index >= 15 is 0 Å². The van der Waals surface area contributed by atoms with Crippen molar-refractivity contribution >= 4 is 5.78 Å². The van der Waals surface area contributed by atoms with Crippen molar-refractivity contribution in [3.8, 4) is 0 Å². The molecule has 0 radical (unpaired) electrons. The topological polar surface area (TPSA) is 23.6 Å². The Hall–Kier alpha value is -0.410. The van der Waals surface area contributed by atoms with E-state index in [-0.39, 0.29) is 6.04 Å². The molecule has 0 spiro atoms. The summed E-state index contributed by atoms with van der Waals surface area (Å²) in [6, 6.07) is 0.281. The molecule has 16 heavy (non-hydrogen) atoms. The minimum absolute atomic E-state index is 0.281. The van der Waals surface area contributed by atoms with Gasteiger partial charge in [-0.25, -0.2) is 0 Å². The zero-order valence-corrected chi connectivity index (χ0v) is 10.0. The van der Waals surface area contributed by atoms with Crippen molar-refractivity contribution in [1.29, 1.82) is 0 Å². The Labute approximate surface area is 97.8 Å².